The zero-order chi connectivity index (χ0) is 18.0. The number of hydrogen-bond donors (Lipinski definition) is 1. The second-order valence-corrected chi connectivity index (χ2v) is 7.19. The van der Waals surface area contributed by atoms with Gasteiger partial charge in [-0.1, -0.05) is 40.9 Å². The van der Waals surface area contributed by atoms with Crippen LogP contribution >= 0.6 is 46.6 Å². The summed E-state index contributed by atoms with van der Waals surface area (Å²) in [4.78, 5) is 17.0. The fourth-order valence-electron chi connectivity index (χ4n) is 2.13. The third-order valence-electron chi connectivity index (χ3n) is 3.28. The molecule has 0 spiro atoms. The number of methoxy groups -OCH3 is 1. The number of carbonyl (C=O) groups is 1. The quantitative estimate of drug-likeness (QED) is 0.671. The van der Waals surface area contributed by atoms with Gasteiger partial charge in [-0.2, -0.15) is 0 Å². The number of nitrogens with one attached hydrogen (secondary N) is 1. The number of amidine groups is 1. The molecule has 1 saturated heterocycles. The van der Waals surface area contributed by atoms with Crippen LogP contribution in [-0.2, 0) is 4.79 Å². The van der Waals surface area contributed by atoms with Crippen LogP contribution in [0.25, 0.3) is 6.08 Å². The van der Waals surface area contributed by atoms with E-state index < -0.39 is 0 Å². The third kappa shape index (κ3) is 4.12. The first-order valence-corrected chi connectivity index (χ1v) is 9.00. The van der Waals surface area contributed by atoms with Gasteiger partial charge in [-0.3, -0.25) is 4.79 Å². The molecule has 8 heteroatoms. The van der Waals surface area contributed by atoms with Gasteiger partial charge in [0.1, 0.15) is 5.75 Å². The van der Waals surface area contributed by atoms with E-state index >= 15 is 0 Å². The summed E-state index contributed by atoms with van der Waals surface area (Å²) in [5.41, 5.74) is 1.19. The minimum absolute atomic E-state index is 0.260. The molecule has 0 atom stereocenters. The van der Waals surface area contributed by atoms with Crippen LogP contribution < -0.4 is 10.1 Å². The molecule has 0 saturated carbocycles. The Morgan fingerprint density at radius 2 is 2.00 bits per heavy atom. The summed E-state index contributed by atoms with van der Waals surface area (Å²) in [7, 11) is 1.56. The molecule has 25 heavy (non-hydrogen) atoms. The zero-order valence-corrected chi connectivity index (χ0v) is 15.9. The van der Waals surface area contributed by atoms with E-state index in [2.05, 4.69) is 10.3 Å². The van der Waals surface area contributed by atoms with Crippen molar-refractivity contribution < 1.29 is 9.53 Å². The minimum atomic E-state index is -0.260. The van der Waals surface area contributed by atoms with E-state index in [0.717, 1.165) is 0 Å². The Balaban J connectivity index is 1.92. The fourth-order valence-corrected chi connectivity index (χ4v) is 3.47. The van der Waals surface area contributed by atoms with E-state index in [9.17, 15) is 4.79 Å². The molecule has 0 bridgehead atoms. The lowest BCUT2D eigenvalue weighted by atomic mass is 10.2. The molecule has 1 heterocycles. The summed E-state index contributed by atoms with van der Waals surface area (Å²) < 4.78 is 5.29. The average Bonchev–Trinajstić information content (AvgIpc) is 2.91. The molecule has 128 valence electrons. The fraction of sp³-hybridized carbons (Fsp3) is 0.0588. The van der Waals surface area contributed by atoms with Gasteiger partial charge in [0, 0.05) is 10.6 Å². The highest BCUT2D eigenvalue weighted by Crippen LogP contribution is 2.35. The molecule has 0 unspecified atom stereocenters. The van der Waals surface area contributed by atoms with Crippen LogP contribution in [0.1, 0.15) is 5.56 Å². The summed E-state index contributed by atoms with van der Waals surface area (Å²) in [6, 6.07) is 10.3. The predicted molar refractivity (Wildman–Crippen MR) is 105 cm³/mol. The number of thioether (sulfide) groups is 1. The Bertz CT molecular complexity index is 913. The monoisotopic (exact) mass is 412 g/mol. The standard InChI is InChI=1S/C17H11Cl3N2O2S/c1-24-13-6-5-10(18)7-9(13)8-14-16(23)22-17(25-14)21-12-4-2-3-11(19)15(12)20/h2-8H,1H3,(H,21,22,23)/b14-8+. The topological polar surface area (TPSA) is 50.7 Å². The highest BCUT2D eigenvalue weighted by atomic mass is 35.5. The first-order valence-electron chi connectivity index (χ1n) is 7.05. The Hall–Kier alpha value is -1.66. The Kier molecular flexibility index (Phi) is 5.59. The molecule has 1 fully saturated rings. The number of benzene rings is 2. The van der Waals surface area contributed by atoms with Gasteiger partial charge in [0.15, 0.2) is 5.17 Å². The minimum Gasteiger partial charge on any atom is -0.496 e. The number of hydrogen-bond acceptors (Lipinski definition) is 4. The van der Waals surface area contributed by atoms with E-state index in [1.165, 1.54) is 11.8 Å². The number of ether oxygens (including phenoxy) is 1. The van der Waals surface area contributed by atoms with E-state index in [0.29, 0.717) is 42.1 Å². The van der Waals surface area contributed by atoms with E-state index in [4.69, 9.17) is 39.5 Å². The number of halogens is 3. The number of aliphatic imine (C=N–C) groups is 1. The highest BCUT2D eigenvalue weighted by Gasteiger charge is 2.24. The maximum Gasteiger partial charge on any atom is 0.264 e. The van der Waals surface area contributed by atoms with Crippen LogP contribution in [0.2, 0.25) is 15.1 Å². The van der Waals surface area contributed by atoms with Gasteiger partial charge in [-0.15, -0.1) is 0 Å². The van der Waals surface area contributed by atoms with Crippen molar-refractivity contribution in [1.82, 2.24) is 5.32 Å². The van der Waals surface area contributed by atoms with Crippen molar-refractivity contribution in [2.24, 2.45) is 4.99 Å². The largest absolute Gasteiger partial charge is 0.496 e. The van der Waals surface area contributed by atoms with Crippen LogP contribution in [-0.4, -0.2) is 18.2 Å². The molecule has 1 aliphatic heterocycles. The van der Waals surface area contributed by atoms with Crippen molar-refractivity contribution in [2.75, 3.05) is 7.11 Å². The summed E-state index contributed by atoms with van der Waals surface area (Å²) in [6.07, 6.45) is 1.70. The lowest BCUT2D eigenvalue weighted by Crippen LogP contribution is -2.19. The van der Waals surface area contributed by atoms with Gasteiger partial charge in [0.25, 0.3) is 5.91 Å². The van der Waals surface area contributed by atoms with E-state index in [1.807, 2.05) is 0 Å². The molecule has 0 aromatic heterocycles. The lowest BCUT2D eigenvalue weighted by molar-refractivity contribution is -0.115. The Morgan fingerprint density at radius 3 is 2.76 bits per heavy atom. The van der Waals surface area contributed by atoms with Crippen molar-refractivity contribution >= 4 is 69.4 Å². The first kappa shape index (κ1) is 18.1. The van der Waals surface area contributed by atoms with E-state index in [1.54, 1.807) is 49.6 Å². The van der Waals surface area contributed by atoms with Crippen molar-refractivity contribution in [3.8, 4) is 5.75 Å². The predicted octanol–water partition coefficient (Wildman–Crippen LogP) is 5.55. The summed E-state index contributed by atoms with van der Waals surface area (Å²) in [5.74, 6) is 0.359. The van der Waals surface area contributed by atoms with Gasteiger partial charge in [0.2, 0.25) is 0 Å². The normalized spacial score (nSPS) is 17.2. The number of carbonyl (C=O) groups excluding carboxylic acids is 1. The first-order chi connectivity index (χ1) is 12.0. The molecule has 3 rings (SSSR count). The average molecular weight is 414 g/mol. The van der Waals surface area contributed by atoms with Crippen molar-refractivity contribution in [2.45, 2.75) is 0 Å². The van der Waals surface area contributed by atoms with Gasteiger partial charge >= 0.3 is 0 Å². The molecule has 0 radical (unpaired) electrons. The molecule has 2 aromatic carbocycles. The molecule has 1 aliphatic rings. The summed E-state index contributed by atoms with van der Waals surface area (Å²) in [5, 5.41) is 4.41. The molecule has 0 aliphatic carbocycles. The second kappa shape index (κ2) is 7.70. The Labute approximate surface area is 163 Å². The lowest BCUT2D eigenvalue weighted by Gasteiger charge is -2.05. The van der Waals surface area contributed by atoms with Crippen molar-refractivity contribution in [3.63, 3.8) is 0 Å². The molecule has 4 nitrogen and oxygen atoms in total. The summed E-state index contributed by atoms with van der Waals surface area (Å²) >= 11 is 19.3. The van der Waals surface area contributed by atoms with E-state index in [-0.39, 0.29) is 5.91 Å². The maximum atomic E-state index is 12.2. The molecular weight excluding hydrogens is 403 g/mol. The van der Waals surface area contributed by atoms with Gasteiger partial charge in [-0.05, 0) is 48.2 Å². The molecule has 1 N–H and O–H groups in total. The van der Waals surface area contributed by atoms with Crippen molar-refractivity contribution in [3.05, 3.63) is 61.9 Å². The van der Waals surface area contributed by atoms with Crippen LogP contribution in [0.5, 0.6) is 5.75 Å². The van der Waals surface area contributed by atoms with Crippen LogP contribution in [0.15, 0.2) is 46.3 Å². The van der Waals surface area contributed by atoms with Crippen LogP contribution in [0.4, 0.5) is 5.69 Å². The number of amides is 1. The van der Waals surface area contributed by atoms with Gasteiger partial charge < -0.3 is 10.1 Å². The maximum absolute atomic E-state index is 12.2. The smallest absolute Gasteiger partial charge is 0.264 e. The second-order valence-electron chi connectivity index (χ2n) is 4.94. The number of nitrogens with zero attached hydrogens (tertiary/aromatic N) is 1. The molecule has 1 amide bonds. The van der Waals surface area contributed by atoms with Gasteiger partial charge in [-0.25, -0.2) is 4.99 Å². The van der Waals surface area contributed by atoms with Gasteiger partial charge in [0.05, 0.1) is 27.7 Å². The van der Waals surface area contributed by atoms with Crippen molar-refractivity contribution in [1.29, 1.82) is 0 Å². The molecule has 2 aromatic rings. The van der Waals surface area contributed by atoms with Crippen LogP contribution in [0.3, 0.4) is 0 Å². The number of rotatable bonds is 3. The molecular formula is C17H11Cl3N2O2S. The third-order valence-corrected chi connectivity index (χ3v) is 5.24. The highest BCUT2D eigenvalue weighted by molar-refractivity contribution is 8.18. The SMILES string of the molecule is COc1ccc(Cl)cc1/C=C1/SC(=Nc2cccc(Cl)c2Cl)NC1=O. The zero-order valence-electron chi connectivity index (χ0n) is 12.8. The Morgan fingerprint density at radius 1 is 1.20 bits per heavy atom. The summed E-state index contributed by atoms with van der Waals surface area (Å²) in [6.45, 7) is 0. The van der Waals surface area contributed by atoms with Crippen LogP contribution in [0, 0.1) is 0 Å².